The second-order valence-electron chi connectivity index (χ2n) is 2.09. The van der Waals surface area contributed by atoms with Crippen LogP contribution in [0, 0.1) is 0 Å². The fourth-order valence-electron chi connectivity index (χ4n) is 0.696. The van der Waals surface area contributed by atoms with Crippen molar-refractivity contribution in [2.24, 2.45) is 7.05 Å². The molecule has 0 radical (unpaired) electrons. The maximum Gasteiger partial charge on any atom is 0.169 e. The molecule has 1 nitrogen and oxygen atoms in total. The predicted molar refractivity (Wildman–Crippen MR) is 50.7 cm³/mol. The Kier molecular flexibility index (Phi) is 2.86. The molecular formula is C8H9IN+. The highest BCUT2D eigenvalue weighted by atomic mass is 127. The van der Waals surface area contributed by atoms with E-state index in [0.29, 0.717) is 0 Å². The molecule has 1 heterocycles. The zero-order valence-electron chi connectivity index (χ0n) is 5.79. The Morgan fingerprint density at radius 3 is 2.50 bits per heavy atom. The minimum Gasteiger partial charge on any atom is -0.208 e. The summed E-state index contributed by atoms with van der Waals surface area (Å²) >= 11 is 2.21. The Labute approximate surface area is 74.5 Å². The third kappa shape index (κ3) is 2.10. The lowest BCUT2D eigenvalue weighted by Crippen LogP contribution is -2.25. The molecule has 0 saturated carbocycles. The van der Waals surface area contributed by atoms with Crippen molar-refractivity contribution in [3.05, 3.63) is 34.2 Å². The molecule has 0 aliphatic heterocycles. The second kappa shape index (κ2) is 3.71. The van der Waals surface area contributed by atoms with Gasteiger partial charge in [0.05, 0.1) is 0 Å². The van der Waals surface area contributed by atoms with Crippen LogP contribution in [-0.2, 0) is 7.05 Å². The lowest BCUT2D eigenvalue weighted by atomic mass is 10.3. The maximum absolute atomic E-state index is 2.21. The number of aromatic nitrogens is 1. The Balaban J connectivity index is 2.89. The topological polar surface area (TPSA) is 3.88 Å². The molecule has 0 N–H and O–H groups in total. The van der Waals surface area contributed by atoms with E-state index in [-0.39, 0.29) is 0 Å². The highest BCUT2D eigenvalue weighted by Gasteiger charge is 1.88. The fourth-order valence-corrected chi connectivity index (χ4v) is 1.11. The Morgan fingerprint density at radius 1 is 1.40 bits per heavy atom. The number of hydrogen-bond acceptors (Lipinski definition) is 0. The average Bonchev–Trinajstić information content (AvgIpc) is 1.95. The van der Waals surface area contributed by atoms with Crippen molar-refractivity contribution < 1.29 is 4.57 Å². The number of rotatable bonds is 1. The molecule has 1 rings (SSSR count). The zero-order chi connectivity index (χ0) is 7.40. The van der Waals surface area contributed by atoms with Crippen molar-refractivity contribution in [1.29, 1.82) is 0 Å². The van der Waals surface area contributed by atoms with Gasteiger partial charge in [-0.1, -0.05) is 22.6 Å². The lowest BCUT2D eigenvalue weighted by Gasteiger charge is -1.87. The molecule has 0 aromatic carbocycles. The minimum atomic E-state index is 1.24. The van der Waals surface area contributed by atoms with Gasteiger partial charge in [0.1, 0.15) is 7.05 Å². The van der Waals surface area contributed by atoms with E-state index in [9.17, 15) is 0 Å². The summed E-state index contributed by atoms with van der Waals surface area (Å²) in [7, 11) is 2.01. The van der Waals surface area contributed by atoms with Gasteiger partial charge in [-0.2, -0.15) is 0 Å². The summed E-state index contributed by atoms with van der Waals surface area (Å²) in [6.45, 7) is 0. The van der Waals surface area contributed by atoms with Crippen LogP contribution < -0.4 is 4.57 Å². The van der Waals surface area contributed by atoms with Crippen LogP contribution in [0.25, 0.3) is 6.08 Å². The van der Waals surface area contributed by atoms with Crippen molar-refractivity contribution in [1.82, 2.24) is 0 Å². The first-order valence-electron chi connectivity index (χ1n) is 3.05. The van der Waals surface area contributed by atoms with Gasteiger partial charge in [-0.05, 0) is 15.7 Å². The van der Waals surface area contributed by atoms with Gasteiger partial charge in [0.25, 0.3) is 0 Å². The highest BCUT2D eigenvalue weighted by molar-refractivity contribution is 14.1. The Bertz CT molecular complexity index is 226. The van der Waals surface area contributed by atoms with Gasteiger partial charge in [-0.25, -0.2) is 4.57 Å². The van der Waals surface area contributed by atoms with Gasteiger partial charge in [0, 0.05) is 12.1 Å². The first kappa shape index (κ1) is 7.72. The van der Waals surface area contributed by atoms with E-state index in [4.69, 9.17) is 0 Å². The summed E-state index contributed by atoms with van der Waals surface area (Å²) in [6, 6.07) is 4.16. The average molecular weight is 246 g/mol. The lowest BCUT2D eigenvalue weighted by molar-refractivity contribution is -0.671. The van der Waals surface area contributed by atoms with E-state index >= 15 is 0 Å². The number of aryl methyl sites for hydroxylation is 1. The zero-order valence-corrected chi connectivity index (χ0v) is 7.95. The molecular weight excluding hydrogens is 237 g/mol. The molecule has 0 spiro atoms. The van der Waals surface area contributed by atoms with E-state index in [2.05, 4.69) is 40.8 Å². The molecule has 0 unspecified atom stereocenters. The molecule has 0 fully saturated rings. The van der Waals surface area contributed by atoms with E-state index in [1.165, 1.54) is 5.56 Å². The van der Waals surface area contributed by atoms with Gasteiger partial charge < -0.3 is 0 Å². The molecule has 0 amide bonds. The normalized spacial score (nSPS) is 10.6. The number of hydrogen-bond donors (Lipinski definition) is 0. The van der Waals surface area contributed by atoms with Crippen molar-refractivity contribution in [2.45, 2.75) is 0 Å². The standard InChI is InChI=1S/C8H9IN/c1-10-6-3-8(2-5-9)4-7-10/h2-7H,1H3/q+1/b5-2+. The van der Waals surface area contributed by atoms with Gasteiger partial charge in [0.2, 0.25) is 0 Å². The van der Waals surface area contributed by atoms with Crippen LogP contribution in [0.3, 0.4) is 0 Å². The van der Waals surface area contributed by atoms with Crippen LogP contribution >= 0.6 is 22.6 Å². The van der Waals surface area contributed by atoms with Crippen molar-refractivity contribution in [3.8, 4) is 0 Å². The van der Waals surface area contributed by atoms with Crippen LogP contribution in [0.1, 0.15) is 5.56 Å². The maximum atomic E-state index is 2.21. The largest absolute Gasteiger partial charge is 0.208 e. The summed E-state index contributed by atoms with van der Waals surface area (Å²) in [5.41, 5.74) is 1.24. The molecule has 0 bridgehead atoms. The van der Waals surface area contributed by atoms with Gasteiger partial charge in [-0.15, -0.1) is 0 Å². The fraction of sp³-hybridized carbons (Fsp3) is 0.125. The molecule has 0 aliphatic rings. The van der Waals surface area contributed by atoms with Crippen LogP contribution in [0.4, 0.5) is 0 Å². The second-order valence-corrected chi connectivity index (χ2v) is 2.81. The van der Waals surface area contributed by atoms with Crippen molar-refractivity contribution >= 4 is 28.7 Å². The van der Waals surface area contributed by atoms with Crippen molar-refractivity contribution in [2.75, 3.05) is 0 Å². The third-order valence-corrected chi connectivity index (χ3v) is 1.62. The molecule has 2 heteroatoms. The van der Waals surface area contributed by atoms with Gasteiger partial charge in [-0.3, -0.25) is 0 Å². The van der Waals surface area contributed by atoms with Crippen LogP contribution in [-0.4, -0.2) is 0 Å². The van der Waals surface area contributed by atoms with E-state index in [0.717, 1.165) is 0 Å². The van der Waals surface area contributed by atoms with Crippen LogP contribution in [0.2, 0.25) is 0 Å². The number of nitrogens with zero attached hydrogens (tertiary/aromatic N) is 1. The smallest absolute Gasteiger partial charge is 0.169 e. The van der Waals surface area contributed by atoms with Gasteiger partial charge >= 0.3 is 0 Å². The SMILES string of the molecule is C[n+]1ccc(/C=C/I)cc1. The molecule has 0 aliphatic carbocycles. The molecule has 0 atom stereocenters. The van der Waals surface area contributed by atoms with Crippen LogP contribution in [0.15, 0.2) is 28.6 Å². The third-order valence-electron chi connectivity index (χ3n) is 1.26. The summed E-state index contributed by atoms with van der Waals surface area (Å²) < 4.78 is 4.03. The quantitative estimate of drug-likeness (QED) is 0.526. The molecule has 0 saturated heterocycles. The van der Waals surface area contributed by atoms with Crippen LogP contribution in [0.5, 0.6) is 0 Å². The Hall–Kier alpha value is -0.380. The minimum absolute atomic E-state index is 1.24. The first-order valence-corrected chi connectivity index (χ1v) is 4.29. The highest BCUT2D eigenvalue weighted by Crippen LogP contribution is 1.99. The molecule has 52 valence electrons. The monoisotopic (exact) mass is 246 g/mol. The van der Waals surface area contributed by atoms with Gasteiger partial charge in [0.15, 0.2) is 12.4 Å². The summed E-state index contributed by atoms with van der Waals surface area (Å²) in [5, 5.41) is 0. The van der Waals surface area contributed by atoms with E-state index < -0.39 is 0 Å². The number of pyridine rings is 1. The summed E-state index contributed by atoms with van der Waals surface area (Å²) in [5.74, 6) is 0. The molecule has 1 aromatic rings. The van der Waals surface area contributed by atoms with Crippen molar-refractivity contribution in [3.63, 3.8) is 0 Å². The van der Waals surface area contributed by atoms with E-state index in [1.54, 1.807) is 0 Å². The summed E-state index contributed by atoms with van der Waals surface area (Å²) in [4.78, 5) is 0. The summed E-state index contributed by atoms with van der Waals surface area (Å²) in [6.07, 6.45) is 6.14. The molecule has 1 aromatic heterocycles. The first-order chi connectivity index (χ1) is 4.83. The number of halogens is 1. The molecule has 10 heavy (non-hydrogen) atoms. The Morgan fingerprint density at radius 2 is 2.00 bits per heavy atom. The predicted octanol–water partition coefficient (Wildman–Crippen LogP) is 1.92. The van der Waals surface area contributed by atoms with E-state index in [1.807, 2.05) is 28.1 Å².